The van der Waals surface area contributed by atoms with Crippen molar-refractivity contribution < 1.29 is 9.45 Å². The molecule has 1 aromatic heterocycles. The lowest BCUT2D eigenvalue weighted by Gasteiger charge is -2.32. The zero-order valence-corrected chi connectivity index (χ0v) is 16.0. The molecule has 1 fully saturated rings. The highest BCUT2D eigenvalue weighted by atomic mass is 16.6. The number of aromatic nitrogens is 2. The highest BCUT2D eigenvalue weighted by molar-refractivity contribution is 5.71. The van der Waals surface area contributed by atoms with Crippen LogP contribution in [-0.4, -0.2) is 28.2 Å². The van der Waals surface area contributed by atoms with E-state index in [-0.39, 0.29) is 16.5 Å². The van der Waals surface area contributed by atoms with Crippen molar-refractivity contribution in [3.8, 4) is 22.8 Å². The number of benzene rings is 2. The van der Waals surface area contributed by atoms with Gasteiger partial charge in [0, 0.05) is 30.3 Å². The summed E-state index contributed by atoms with van der Waals surface area (Å²) in [7, 11) is 0. The molecule has 0 amide bonds. The SMILES string of the molecule is Cc1ccc(-c2noc(-c3ccc(N4CCC[C@@H](C)C4)c([N+](=O)[O-])c3)n2)cc1. The van der Waals surface area contributed by atoms with Gasteiger partial charge in [0.15, 0.2) is 0 Å². The Bertz CT molecular complexity index is 997. The van der Waals surface area contributed by atoms with Gasteiger partial charge in [0.25, 0.3) is 11.6 Å². The summed E-state index contributed by atoms with van der Waals surface area (Å²) in [5.74, 6) is 1.27. The average molecular weight is 378 g/mol. The summed E-state index contributed by atoms with van der Waals surface area (Å²) >= 11 is 0. The number of nitrogens with zero attached hydrogens (tertiary/aromatic N) is 4. The van der Waals surface area contributed by atoms with Crippen LogP contribution in [0.15, 0.2) is 47.0 Å². The van der Waals surface area contributed by atoms with E-state index in [0.717, 1.165) is 37.1 Å². The van der Waals surface area contributed by atoms with Crippen molar-refractivity contribution in [1.29, 1.82) is 0 Å². The zero-order chi connectivity index (χ0) is 19.7. The summed E-state index contributed by atoms with van der Waals surface area (Å²) in [4.78, 5) is 17.9. The van der Waals surface area contributed by atoms with Crippen molar-refractivity contribution in [3.63, 3.8) is 0 Å². The quantitative estimate of drug-likeness (QED) is 0.476. The van der Waals surface area contributed by atoms with Gasteiger partial charge in [-0.1, -0.05) is 41.9 Å². The predicted molar refractivity (Wildman–Crippen MR) is 107 cm³/mol. The molecule has 1 aliphatic heterocycles. The van der Waals surface area contributed by atoms with Crippen molar-refractivity contribution in [2.75, 3.05) is 18.0 Å². The van der Waals surface area contributed by atoms with Crippen LogP contribution in [0.2, 0.25) is 0 Å². The Hall–Kier alpha value is -3.22. The van der Waals surface area contributed by atoms with Gasteiger partial charge >= 0.3 is 0 Å². The fourth-order valence-electron chi connectivity index (χ4n) is 3.64. The van der Waals surface area contributed by atoms with Crippen molar-refractivity contribution in [3.05, 3.63) is 58.1 Å². The molecule has 0 N–H and O–H groups in total. The van der Waals surface area contributed by atoms with Crippen molar-refractivity contribution in [1.82, 2.24) is 10.1 Å². The largest absolute Gasteiger partial charge is 0.366 e. The molecular weight excluding hydrogens is 356 g/mol. The number of piperidine rings is 1. The van der Waals surface area contributed by atoms with E-state index in [9.17, 15) is 10.1 Å². The molecule has 2 aromatic carbocycles. The molecule has 28 heavy (non-hydrogen) atoms. The topological polar surface area (TPSA) is 85.3 Å². The molecule has 4 rings (SSSR count). The average Bonchev–Trinajstić information content (AvgIpc) is 3.18. The highest BCUT2D eigenvalue weighted by Gasteiger charge is 2.25. The molecule has 7 heteroatoms. The Morgan fingerprint density at radius 2 is 1.93 bits per heavy atom. The predicted octanol–water partition coefficient (Wildman–Crippen LogP) is 4.86. The van der Waals surface area contributed by atoms with E-state index in [4.69, 9.17) is 4.52 Å². The van der Waals surface area contributed by atoms with Crippen LogP contribution in [0.1, 0.15) is 25.3 Å². The van der Waals surface area contributed by atoms with Gasteiger partial charge in [0.05, 0.1) is 4.92 Å². The molecule has 1 saturated heterocycles. The lowest BCUT2D eigenvalue weighted by molar-refractivity contribution is -0.384. The van der Waals surface area contributed by atoms with Crippen molar-refractivity contribution >= 4 is 11.4 Å². The molecule has 1 atom stereocenters. The minimum Gasteiger partial charge on any atom is -0.366 e. The normalized spacial score (nSPS) is 16.9. The Labute approximate surface area is 163 Å². The van der Waals surface area contributed by atoms with Gasteiger partial charge < -0.3 is 9.42 Å². The van der Waals surface area contributed by atoms with Gasteiger partial charge in [-0.15, -0.1) is 0 Å². The molecule has 0 radical (unpaired) electrons. The molecule has 0 unspecified atom stereocenters. The first-order valence-electron chi connectivity index (χ1n) is 9.46. The van der Waals surface area contributed by atoms with E-state index in [1.165, 1.54) is 6.07 Å². The Morgan fingerprint density at radius 3 is 2.64 bits per heavy atom. The summed E-state index contributed by atoms with van der Waals surface area (Å²) in [5.41, 5.74) is 3.26. The second-order valence-corrected chi connectivity index (χ2v) is 7.44. The van der Waals surface area contributed by atoms with Crippen LogP contribution in [0, 0.1) is 23.0 Å². The number of hydrogen-bond donors (Lipinski definition) is 0. The van der Waals surface area contributed by atoms with E-state index < -0.39 is 0 Å². The maximum absolute atomic E-state index is 11.7. The smallest absolute Gasteiger partial charge is 0.293 e. The molecule has 0 aliphatic carbocycles. The first-order chi connectivity index (χ1) is 13.5. The monoisotopic (exact) mass is 378 g/mol. The van der Waals surface area contributed by atoms with Gasteiger partial charge in [-0.3, -0.25) is 10.1 Å². The minimum absolute atomic E-state index is 0.0710. The maximum atomic E-state index is 11.7. The number of rotatable bonds is 4. The highest BCUT2D eigenvalue weighted by Crippen LogP contribution is 2.35. The van der Waals surface area contributed by atoms with Gasteiger partial charge in [0.1, 0.15) is 5.69 Å². The molecular formula is C21H22N4O3. The van der Waals surface area contributed by atoms with Crippen molar-refractivity contribution in [2.24, 2.45) is 5.92 Å². The van der Waals surface area contributed by atoms with E-state index >= 15 is 0 Å². The van der Waals surface area contributed by atoms with Crippen LogP contribution in [0.3, 0.4) is 0 Å². The van der Waals surface area contributed by atoms with Crippen LogP contribution in [-0.2, 0) is 0 Å². The van der Waals surface area contributed by atoms with E-state index in [1.807, 2.05) is 37.3 Å². The van der Waals surface area contributed by atoms with Crippen LogP contribution >= 0.6 is 0 Å². The maximum Gasteiger partial charge on any atom is 0.293 e. The molecule has 1 aliphatic rings. The summed E-state index contributed by atoms with van der Waals surface area (Å²) in [6.45, 7) is 5.85. The van der Waals surface area contributed by atoms with Gasteiger partial charge in [-0.05, 0) is 37.8 Å². The van der Waals surface area contributed by atoms with Gasteiger partial charge in [-0.2, -0.15) is 4.98 Å². The second-order valence-electron chi connectivity index (χ2n) is 7.44. The molecule has 0 bridgehead atoms. The van der Waals surface area contributed by atoms with E-state index in [0.29, 0.717) is 23.0 Å². The number of anilines is 1. The lowest BCUT2D eigenvalue weighted by atomic mass is 9.99. The molecule has 2 heterocycles. The van der Waals surface area contributed by atoms with Crippen LogP contribution < -0.4 is 4.90 Å². The molecule has 7 nitrogen and oxygen atoms in total. The number of nitro groups is 1. The second kappa shape index (κ2) is 7.42. The standard InChI is InChI=1S/C21H22N4O3/c1-14-5-7-16(8-6-14)20-22-21(28-23-20)17-9-10-18(19(12-17)25(26)27)24-11-3-4-15(2)13-24/h5-10,12,15H,3-4,11,13H2,1-2H3/t15-/m1/s1. The van der Waals surface area contributed by atoms with E-state index in [1.54, 1.807) is 6.07 Å². The molecule has 0 spiro atoms. The third-order valence-electron chi connectivity index (χ3n) is 5.15. The molecule has 144 valence electrons. The Morgan fingerprint density at radius 1 is 1.18 bits per heavy atom. The van der Waals surface area contributed by atoms with E-state index in [2.05, 4.69) is 22.0 Å². The number of aryl methyl sites for hydroxylation is 1. The fourth-order valence-corrected chi connectivity index (χ4v) is 3.64. The fraction of sp³-hybridized carbons (Fsp3) is 0.333. The summed E-state index contributed by atoms with van der Waals surface area (Å²) in [6.07, 6.45) is 2.20. The first kappa shape index (κ1) is 18.2. The minimum atomic E-state index is -0.338. The lowest BCUT2D eigenvalue weighted by Crippen LogP contribution is -2.34. The number of hydrogen-bond acceptors (Lipinski definition) is 6. The summed E-state index contributed by atoms with van der Waals surface area (Å²) in [5, 5.41) is 15.7. The summed E-state index contributed by atoms with van der Waals surface area (Å²) < 4.78 is 5.38. The van der Waals surface area contributed by atoms with Gasteiger partial charge in [-0.25, -0.2) is 0 Å². The third-order valence-corrected chi connectivity index (χ3v) is 5.15. The van der Waals surface area contributed by atoms with Gasteiger partial charge in [0.2, 0.25) is 5.82 Å². The number of nitro benzene ring substituents is 1. The van der Waals surface area contributed by atoms with Crippen LogP contribution in [0.25, 0.3) is 22.8 Å². The Balaban J connectivity index is 1.66. The third kappa shape index (κ3) is 3.60. The molecule has 0 saturated carbocycles. The summed E-state index contributed by atoms with van der Waals surface area (Å²) in [6, 6.07) is 12.9. The molecule has 3 aromatic rings. The van der Waals surface area contributed by atoms with Crippen LogP contribution in [0.5, 0.6) is 0 Å². The first-order valence-corrected chi connectivity index (χ1v) is 9.46. The van der Waals surface area contributed by atoms with Crippen molar-refractivity contribution in [2.45, 2.75) is 26.7 Å². The zero-order valence-electron chi connectivity index (χ0n) is 16.0. The Kier molecular flexibility index (Phi) is 4.81. The van der Waals surface area contributed by atoms with Crippen LogP contribution in [0.4, 0.5) is 11.4 Å².